The van der Waals surface area contributed by atoms with Gasteiger partial charge in [-0.1, -0.05) is 0 Å². The molecule has 11 heavy (non-hydrogen) atoms. The van der Waals surface area contributed by atoms with Gasteiger partial charge in [0.1, 0.15) is 0 Å². The minimum absolute atomic E-state index is 0.00344. The number of aliphatic hydroxyl groups excluding tert-OH is 2. The second-order valence-electron chi connectivity index (χ2n) is 2.02. The fourth-order valence-corrected chi connectivity index (χ4v) is 0.771. The van der Waals surface area contributed by atoms with Gasteiger partial charge in [-0.2, -0.15) is 0 Å². The molecular weight excluding hydrogens is 148 g/mol. The lowest BCUT2D eigenvalue weighted by molar-refractivity contribution is 0.260. The van der Waals surface area contributed by atoms with Crippen LogP contribution in [0.3, 0.4) is 0 Å². The second-order valence-corrected chi connectivity index (χ2v) is 2.02. The zero-order valence-corrected chi connectivity index (χ0v) is 6.01. The summed E-state index contributed by atoms with van der Waals surface area (Å²) in [5.41, 5.74) is 0. The highest BCUT2D eigenvalue weighted by Gasteiger charge is 2.02. The summed E-state index contributed by atoms with van der Waals surface area (Å²) in [6.07, 6.45) is 0.424. The van der Waals surface area contributed by atoms with E-state index in [4.69, 9.17) is 10.2 Å². The molecule has 0 aromatic carbocycles. The first-order chi connectivity index (χ1) is 5.38. The first kappa shape index (κ1) is 8.09. The summed E-state index contributed by atoms with van der Waals surface area (Å²) < 4.78 is 1.47. The molecule has 0 spiro atoms. The number of tetrazole rings is 1. The van der Waals surface area contributed by atoms with Crippen LogP contribution in [-0.2, 0) is 13.0 Å². The summed E-state index contributed by atoms with van der Waals surface area (Å²) in [4.78, 5) is 0. The third-order valence-electron chi connectivity index (χ3n) is 1.25. The van der Waals surface area contributed by atoms with Crippen LogP contribution in [0.5, 0.6) is 0 Å². The highest BCUT2D eigenvalue weighted by atomic mass is 16.3. The molecule has 2 N–H and O–H groups in total. The van der Waals surface area contributed by atoms with Crippen molar-refractivity contribution in [3.63, 3.8) is 0 Å². The minimum atomic E-state index is 0.00344. The van der Waals surface area contributed by atoms with Crippen LogP contribution in [0, 0.1) is 0 Å². The molecule has 0 aliphatic rings. The third-order valence-corrected chi connectivity index (χ3v) is 1.25. The van der Waals surface area contributed by atoms with Gasteiger partial charge in [0, 0.05) is 6.42 Å². The molecule has 6 nitrogen and oxygen atoms in total. The largest absolute Gasteiger partial charge is 0.396 e. The lowest BCUT2D eigenvalue weighted by Crippen LogP contribution is -2.09. The van der Waals surface area contributed by atoms with Crippen molar-refractivity contribution < 1.29 is 10.2 Å². The first-order valence-electron chi connectivity index (χ1n) is 3.35. The van der Waals surface area contributed by atoms with E-state index in [1.165, 1.54) is 4.68 Å². The van der Waals surface area contributed by atoms with Crippen LogP contribution in [-0.4, -0.2) is 43.6 Å². The maximum Gasteiger partial charge on any atom is 0.153 e. The molecule has 0 unspecified atom stereocenters. The Morgan fingerprint density at radius 2 is 2.09 bits per heavy atom. The number of hydrogen-bond donors (Lipinski definition) is 2. The Bertz CT molecular complexity index is 192. The van der Waals surface area contributed by atoms with E-state index in [0.717, 1.165) is 0 Å². The molecule has 1 rings (SSSR count). The predicted octanol–water partition coefficient (Wildman–Crippen LogP) is -1.80. The standard InChI is InChI=1S/C5H10N4O2/c10-3-1-5-6-7-8-9(5)2-4-11/h10-11H,1-4H2. The molecule has 1 aromatic rings. The Morgan fingerprint density at radius 3 is 2.73 bits per heavy atom. The monoisotopic (exact) mass is 158 g/mol. The van der Waals surface area contributed by atoms with Crippen LogP contribution in [0.2, 0.25) is 0 Å². The lowest BCUT2D eigenvalue weighted by atomic mass is 10.4. The lowest BCUT2D eigenvalue weighted by Gasteiger charge is -1.98. The van der Waals surface area contributed by atoms with Crippen LogP contribution in [0.25, 0.3) is 0 Å². The van der Waals surface area contributed by atoms with Gasteiger partial charge in [-0.25, -0.2) is 4.68 Å². The molecule has 0 atom stereocenters. The predicted molar refractivity (Wildman–Crippen MR) is 35.7 cm³/mol. The molecule has 0 bridgehead atoms. The van der Waals surface area contributed by atoms with Gasteiger partial charge in [-0.15, -0.1) is 5.10 Å². The summed E-state index contributed by atoms with van der Waals surface area (Å²) in [6, 6.07) is 0. The SMILES string of the molecule is OCCc1nnnn1CCO. The first-order valence-corrected chi connectivity index (χ1v) is 3.35. The molecule has 6 heteroatoms. The topological polar surface area (TPSA) is 84.1 Å². The van der Waals surface area contributed by atoms with Gasteiger partial charge in [0.05, 0.1) is 19.8 Å². The molecule has 0 fully saturated rings. The minimum Gasteiger partial charge on any atom is -0.396 e. The van der Waals surface area contributed by atoms with Crippen molar-refractivity contribution >= 4 is 0 Å². The fraction of sp³-hybridized carbons (Fsp3) is 0.800. The van der Waals surface area contributed by atoms with Crippen molar-refractivity contribution in [1.29, 1.82) is 0 Å². The van der Waals surface area contributed by atoms with Gasteiger partial charge in [-0.3, -0.25) is 0 Å². The summed E-state index contributed by atoms with van der Waals surface area (Å²) in [5.74, 6) is 0.599. The van der Waals surface area contributed by atoms with Gasteiger partial charge in [0.15, 0.2) is 5.82 Å². The highest BCUT2D eigenvalue weighted by molar-refractivity contribution is 4.79. The van der Waals surface area contributed by atoms with Crippen LogP contribution >= 0.6 is 0 Å². The maximum absolute atomic E-state index is 8.56. The van der Waals surface area contributed by atoms with Gasteiger partial charge in [0.25, 0.3) is 0 Å². The summed E-state index contributed by atoms with van der Waals surface area (Å²) >= 11 is 0. The Morgan fingerprint density at radius 1 is 1.27 bits per heavy atom. The second kappa shape index (κ2) is 3.99. The normalized spacial score (nSPS) is 10.4. The molecule has 0 aliphatic carbocycles. The number of aromatic nitrogens is 4. The quantitative estimate of drug-likeness (QED) is 0.540. The van der Waals surface area contributed by atoms with E-state index in [9.17, 15) is 0 Å². The molecule has 0 radical (unpaired) electrons. The average Bonchev–Trinajstić information content (AvgIpc) is 2.39. The number of aliphatic hydroxyl groups is 2. The fourth-order valence-electron chi connectivity index (χ4n) is 0.771. The van der Waals surface area contributed by atoms with E-state index in [0.29, 0.717) is 18.8 Å². The molecule has 0 saturated carbocycles. The van der Waals surface area contributed by atoms with Crippen molar-refractivity contribution in [1.82, 2.24) is 20.2 Å². The maximum atomic E-state index is 8.56. The van der Waals surface area contributed by atoms with Gasteiger partial charge in [0.2, 0.25) is 0 Å². The van der Waals surface area contributed by atoms with Crippen molar-refractivity contribution in [2.24, 2.45) is 0 Å². The van der Waals surface area contributed by atoms with Crippen LogP contribution in [0.1, 0.15) is 5.82 Å². The number of hydrogen-bond acceptors (Lipinski definition) is 5. The van der Waals surface area contributed by atoms with Gasteiger partial charge in [-0.05, 0) is 10.4 Å². The Balaban J connectivity index is 2.62. The van der Waals surface area contributed by atoms with Gasteiger partial charge >= 0.3 is 0 Å². The Labute approximate surface area is 63.5 Å². The summed E-state index contributed by atoms with van der Waals surface area (Å²) in [7, 11) is 0. The van der Waals surface area contributed by atoms with Crippen molar-refractivity contribution in [2.75, 3.05) is 13.2 Å². The summed E-state index contributed by atoms with van der Waals surface area (Å²) in [6.45, 7) is 0.400. The number of rotatable bonds is 4. The van der Waals surface area contributed by atoms with E-state index < -0.39 is 0 Å². The van der Waals surface area contributed by atoms with Crippen LogP contribution in [0.15, 0.2) is 0 Å². The van der Waals surface area contributed by atoms with E-state index in [1.54, 1.807) is 0 Å². The van der Waals surface area contributed by atoms with Crippen molar-refractivity contribution in [3.8, 4) is 0 Å². The van der Waals surface area contributed by atoms with E-state index in [-0.39, 0.29) is 13.2 Å². The summed E-state index contributed by atoms with van der Waals surface area (Å²) in [5, 5.41) is 27.8. The van der Waals surface area contributed by atoms with E-state index in [2.05, 4.69) is 15.5 Å². The molecular formula is C5H10N4O2. The van der Waals surface area contributed by atoms with Crippen LogP contribution in [0.4, 0.5) is 0 Å². The zero-order chi connectivity index (χ0) is 8.10. The van der Waals surface area contributed by atoms with Gasteiger partial charge < -0.3 is 10.2 Å². The van der Waals surface area contributed by atoms with Crippen LogP contribution < -0.4 is 0 Å². The number of nitrogens with zero attached hydrogens (tertiary/aromatic N) is 4. The smallest absolute Gasteiger partial charge is 0.153 e. The average molecular weight is 158 g/mol. The highest BCUT2D eigenvalue weighted by Crippen LogP contribution is 1.91. The molecule has 1 heterocycles. The molecule has 0 saturated heterocycles. The Kier molecular flexibility index (Phi) is 2.94. The Hall–Kier alpha value is -1.01. The van der Waals surface area contributed by atoms with E-state index >= 15 is 0 Å². The van der Waals surface area contributed by atoms with Crippen molar-refractivity contribution in [3.05, 3.63) is 5.82 Å². The molecule has 1 aromatic heterocycles. The molecule has 0 aliphatic heterocycles. The zero-order valence-electron chi connectivity index (χ0n) is 6.01. The van der Waals surface area contributed by atoms with E-state index in [1.807, 2.05) is 0 Å². The van der Waals surface area contributed by atoms with Crippen molar-refractivity contribution in [2.45, 2.75) is 13.0 Å². The third kappa shape index (κ3) is 1.95. The molecule has 0 amide bonds. The molecule has 62 valence electrons.